The fourth-order valence-corrected chi connectivity index (χ4v) is 3.15. The van der Waals surface area contributed by atoms with Crippen molar-refractivity contribution in [3.8, 4) is 11.5 Å². The highest BCUT2D eigenvalue weighted by Gasteiger charge is 2.16. The maximum atomic E-state index is 12.3. The number of hydrazone groups is 1. The summed E-state index contributed by atoms with van der Waals surface area (Å²) in [5, 5.41) is 9.31. The monoisotopic (exact) mass is 434 g/mol. The molecule has 4 rings (SSSR count). The molecular weight excluding hydrogens is 419 g/mol. The Labute approximate surface area is 176 Å². The number of carbonyl (C=O) groups is 1. The van der Waals surface area contributed by atoms with Gasteiger partial charge in [-0.2, -0.15) is 10.2 Å². The van der Waals surface area contributed by atoms with E-state index < -0.39 is 5.91 Å². The molecule has 8 nitrogen and oxygen atoms in total. The molecular formula is C19H16Cl2N4O4. The third-order valence-corrected chi connectivity index (χ3v) is 5.22. The zero-order valence-electron chi connectivity index (χ0n) is 15.5. The van der Waals surface area contributed by atoms with Gasteiger partial charge in [0, 0.05) is 11.6 Å². The molecule has 1 aliphatic heterocycles. The van der Waals surface area contributed by atoms with Gasteiger partial charge in [-0.05, 0) is 32.0 Å². The van der Waals surface area contributed by atoms with E-state index >= 15 is 0 Å². The lowest BCUT2D eigenvalue weighted by atomic mass is 10.2. The first kappa shape index (κ1) is 19.4. The van der Waals surface area contributed by atoms with Crippen LogP contribution in [0.2, 0.25) is 10.0 Å². The molecule has 0 fully saturated rings. The van der Waals surface area contributed by atoms with Gasteiger partial charge in [-0.15, -0.1) is 0 Å². The van der Waals surface area contributed by atoms with Crippen LogP contribution >= 0.6 is 23.2 Å². The zero-order valence-corrected chi connectivity index (χ0v) is 17.0. The molecule has 0 saturated carbocycles. The van der Waals surface area contributed by atoms with Gasteiger partial charge in [-0.3, -0.25) is 9.48 Å². The standard InChI is InChI=1S/C19H16Cl2N4O4/c1-10-18(21)11(2)25(24-10)8-13-3-4-15(29-13)19(26)23-22-7-12-5-16-17(6-14(12)20)28-9-27-16/h3-7H,8-9H2,1-2H3,(H,23,26)/b22-7+. The summed E-state index contributed by atoms with van der Waals surface area (Å²) in [4.78, 5) is 12.3. The number of nitrogens with zero attached hydrogens (tertiary/aromatic N) is 3. The number of furan rings is 1. The van der Waals surface area contributed by atoms with Crippen LogP contribution in [0.25, 0.3) is 0 Å². The van der Waals surface area contributed by atoms with Gasteiger partial charge in [0.2, 0.25) is 6.79 Å². The quantitative estimate of drug-likeness (QED) is 0.484. The number of nitrogens with one attached hydrogen (secondary N) is 1. The van der Waals surface area contributed by atoms with Crippen molar-refractivity contribution >= 4 is 35.3 Å². The molecule has 150 valence electrons. The highest BCUT2D eigenvalue weighted by molar-refractivity contribution is 6.33. The van der Waals surface area contributed by atoms with Gasteiger partial charge in [-0.1, -0.05) is 23.2 Å². The van der Waals surface area contributed by atoms with Crippen molar-refractivity contribution in [3.63, 3.8) is 0 Å². The molecule has 0 bridgehead atoms. The fraction of sp³-hybridized carbons (Fsp3) is 0.211. The molecule has 10 heteroatoms. The van der Waals surface area contributed by atoms with Crippen molar-refractivity contribution in [2.45, 2.75) is 20.4 Å². The number of aromatic nitrogens is 2. The van der Waals surface area contributed by atoms with E-state index in [0.29, 0.717) is 39.4 Å². The van der Waals surface area contributed by atoms with Crippen LogP contribution in [0, 0.1) is 13.8 Å². The van der Waals surface area contributed by atoms with Crippen LogP contribution in [-0.4, -0.2) is 28.7 Å². The Hall–Kier alpha value is -2.97. The van der Waals surface area contributed by atoms with Crippen LogP contribution in [0.3, 0.4) is 0 Å². The Kier molecular flexibility index (Phi) is 5.21. The van der Waals surface area contributed by atoms with Crippen LogP contribution in [0.1, 0.15) is 33.3 Å². The second-order valence-corrected chi connectivity index (χ2v) is 7.12. The number of benzene rings is 1. The van der Waals surface area contributed by atoms with Crippen molar-refractivity contribution in [1.82, 2.24) is 15.2 Å². The molecule has 3 aromatic rings. The summed E-state index contributed by atoms with van der Waals surface area (Å²) in [5.74, 6) is 1.35. The molecule has 1 aliphatic rings. The third kappa shape index (κ3) is 3.94. The van der Waals surface area contributed by atoms with Crippen molar-refractivity contribution in [2.24, 2.45) is 5.10 Å². The minimum atomic E-state index is -0.490. The summed E-state index contributed by atoms with van der Waals surface area (Å²) in [5.41, 5.74) is 4.56. The average molecular weight is 435 g/mol. The molecule has 0 spiro atoms. The van der Waals surface area contributed by atoms with E-state index in [4.69, 9.17) is 37.1 Å². The molecule has 0 saturated heterocycles. The maximum Gasteiger partial charge on any atom is 0.307 e. The van der Waals surface area contributed by atoms with Gasteiger partial charge in [0.05, 0.1) is 34.2 Å². The Morgan fingerprint density at radius 1 is 1.28 bits per heavy atom. The van der Waals surface area contributed by atoms with Crippen LogP contribution in [0.15, 0.2) is 33.8 Å². The van der Waals surface area contributed by atoms with Crippen LogP contribution in [0.4, 0.5) is 0 Å². The molecule has 0 atom stereocenters. The molecule has 1 amide bonds. The van der Waals surface area contributed by atoms with E-state index in [-0.39, 0.29) is 12.6 Å². The highest BCUT2D eigenvalue weighted by atomic mass is 35.5. The predicted molar refractivity (Wildman–Crippen MR) is 107 cm³/mol. The fourth-order valence-electron chi connectivity index (χ4n) is 2.81. The smallest absolute Gasteiger partial charge is 0.307 e. The molecule has 0 radical (unpaired) electrons. The molecule has 29 heavy (non-hydrogen) atoms. The molecule has 2 aromatic heterocycles. The number of halogens is 2. The Balaban J connectivity index is 1.41. The van der Waals surface area contributed by atoms with E-state index in [2.05, 4.69) is 15.6 Å². The second-order valence-electron chi connectivity index (χ2n) is 6.33. The number of ether oxygens (including phenoxy) is 2. The lowest BCUT2D eigenvalue weighted by molar-refractivity contribution is 0.0925. The molecule has 1 N–H and O–H groups in total. The highest BCUT2D eigenvalue weighted by Crippen LogP contribution is 2.36. The van der Waals surface area contributed by atoms with Crippen molar-refractivity contribution < 1.29 is 18.7 Å². The van der Waals surface area contributed by atoms with Crippen LogP contribution < -0.4 is 14.9 Å². The first-order valence-corrected chi connectivity index (χ1v) is 9.38. The molecule has 0 unspecified atom stereocenters. The lowest BCUT2D eigenvalue weighted by Gasteiger charge is -2.02. The largest absolute Gasteiger partial charge is 0.454 e. The van der Waals surface area contributed by atoms with Gasteiger partial charge >= 0.3 is 5.91 Å². The van der Waals surface area contributed by atoms with Gasteiger partial charge in [-0.25, -0.2) is 5.43 Å². The average Bonchev–Trinajstić information content (AvgIpc) is 3.39. The number of fused-ring (bicyclic) bond motifs is 1. The summed E-state index contributed by atoms with van der Waals surface area (Å²) >= 11 is 12.3. The predicted octanol–water partition coefficient (Wildman–Crippen LogP) is 3.94. The minimum Gasteiger partial charge on any atom is -0.454 e. The Morgan fingerprint density at radius 2 is 2.03 bits per heavy atom. The molecule has 3 heterocycles. The summed E-state index contributed by atoms with van der Waals surface area (Å²) in [6.07, 6.45) is 1.42. The van der Waals surface area contributed by atoms with Crippen molar-refractivity contribution in [3.05, 3.63) is 62.8 Å². The Morgan fingerprint density at radius 3 is 2.76 bits per heavy atom. The summed E-state index contributed by atoms with van der Waals surface area (Å²) < 4.78 is 17.9. The second kappa shape index (κ2) is 7.81. The number of aryl methyl sites for hydroxylation is 1. The van der Waals surface area contributed by atoms with E-state index in [0.717, 1.165) is 11.4 Å². The molecule has 1 aromatic carbocycles. The summed E-state index contributed by atoms with van der Waals surface area (Å²) in [6, 6.07) is 6.60. The molecule has 0 aliphatic carbocycles. The number of rotatable bonds is 5. The van der Waals surface area contributed by atoms with E-state index in [1.807, 2.05) is 13.8 Å². The summed E-state index contributed by atoms with van der Waals surface area (Å²) in [6.45, 7) is 4.21. The van der Waals surface area contributed by atoms with Gasteiger partial charge in [0.25, 0.3) is 0 Å². The maximum absolute atomic E-state index is 12.3. The van der Waals surface area contributed by atoms with E-state index in [1.165, 1.54) is 6.21 Å². The Bertz CT molecular complexity index is 1120. The summed E-state index contributed by atoms with van der Waals surface area (Å²) in [7, 11) is 0. The number of amides is 1. The minimum absolute atomic E-state index is 0.126. The van der Waals surface area contributed by atoms with Crippen LogP contribution in [-0.2, 0) is 6.54 Å². The third-order valence-electron chi connectivity index (χ3n) is 4.35. The topological polar surface area (TPSA) is 90.9 Å². The first-order chi connectivity index (χ1) is 13.9. The number of carbonyl (C=O) groups excluding carboxylic acids is 1. The van der Waals surface area contributed by atoms with Gasteiger partial charge in [0.1, 0.15) is 5.76 Å². The van der Waals surface area contributed by atoms with Crippen molar-refractivity contribution in [1.29, 1.82) is 0 Å². The van der Waals surface area contributed by atoms with Gasteiger partial charge < -0.3 is 13.9 Å². The zero-order chi connectivity index (χ0) is 20.5. The van der Waals surface area contributed by atoms with Crippen LogP contribution in [0.5, 0.6) is 11.5 Å². The SMILES string of the molecule is Cc1nn(Cc2ccc(C(=O)N/N=C/c3cc4c(cc3Cl)OCO4)o2)c(C)c1Cl. The number of hydrogen-bond acceptors (Lipinski definition) is 6. The normalized spacial score (nSPS) is 12.7. The van der Waals surface area contributed by atoms with E-state index in [9.17, 15) is 4.79 Å². The van der Waals surface area contributed by atoms with Crippen molar-refractivity contribution in [2.75, 3.05) is 6.79 Å². The number of hydrogen-bond donors (Lipinski definition) is 1. The lowest BCUT2D eigenvalue weighted by Crippen LogP contribution is -2.16. The first-order valence-electron chi connectivity index (χ1n) is 8.63. The van der Waals surface area contributed by atoms with E-state index in [1.54, 1.807) is 28.9 Å². The van der Waals surface area contributed by atoms with Gasteiger partial charge in [0.15, 0.2) is 17.3 Å².